The number of hydrogen-bond acceptors (Lipinski definition) is 3. The van der Waals surface area contributed by atoms with Gasteiger partial charge in [0.25, 0.3) is 0 Å². The summed E-state index contributed by atoms with van der Waals surface area (Å²) in [5, 5.41) is 9.55. The third kappa shape index (κ3) is 2.14. The SMILES string of the molecule is COc1cccc(C#CCN)c1O. The van der Waals surface area contributed by atoms with Crippen LogP contribution in [0.3, 0.4) is 0 Å². The predicted octanol–water partition coefficient (Wildman–Crippen LogP) is 0.711. The zero-order valence-corrected chi connectivity index (χ0v) is 7.37. The van der Waals surface area contributed by atoms with Gasteiger partial charge in [0.2, 0.25) is 0 Å². The van der Waals surface area contributed by atoms with Gasteiger partial charge in [-0.15, -0.1) is 0 Å². The van der Waals surface area contributed by atoms with E-state index in [1.54, 1.807) is 18.2 Å². The molecule has 0 aliphatic carbocycles. The molecule has 3 nitrogen and oxygen atoms in total. The van der Waals surface area contributed by atoms with Crippen LogP contribution in [-0.4, -0.2) is 18.8 Å². The van der Waals surface area contributed by atoms with Crippen molar-refractivity contribution < 1.29 is 9.84 Å². The van der Waals surface area contributed by atoms with Gasteiger partial charge in [-0.1, -0.05) is 17.9 Å². The summed E-state index contributed by atoms with van der Waals surface area (Å²) < 4.78 is 4.92. The molecule has 0 saturated carbocycles. The topological polar surface area (TPSA) is 55.5 Å². The van der Waals surface area contributed by atoms with Crippen molar-refractivity contribution in [3.8, 4) is 23.3 Å². The Kier molecular flexibility index (Phi) is 3.18. The molecule has 0 aliphatic heterocycles. The fraction of sp³-hybridized carbons (Fsp3) is 0.200. The molecule has 3 N–H and O–H groups in total. The van der Waals surface area contributed by atoms with Crippen molar-refractivity contribution in [1.29, 1.82) is 0 Å². The minimum atomic E-state index is 0.0611. The van der Waals surface area contributed by atoms with Gasteiger partial charge >= 0.3 is 0 Å². The van der Waals surface area contributed by atoms with E-state index >= 15 is 0 Å². The highest BCUT2D eigenvalue weighted by atomic mass is 16.5. The minimum Gasteiger partial charge on any atom is -0.503 e. The molecule has 13 heavy (non-hydrogen) atoms. The van der Waals surface area contributed by atoms with Crippen molar-refractivity contribution in [2.24, 2.45) is 5.73 Å². The number of nitrogens with two attached hydrogens (primary N) is 1. The molecule has 1 aromatic rings. The van der Waals surface area contributed by atoms with Crippen LogP contribution in [0.25, 0.3) is 0 Å². The summed E-state index contributed by atoms with van der Waals surface area (Å²) in [5.74, 6) is 5.88. The van der Waals surface area contributed by atoms with Crippen LogP contribution in [0.1, 0.15) is 5.56 Å². The van der Waals surface area contributed by atoms with Gasteiger partial charge in [-0.2, -0.15) is 0 Å². The highest BCUT2D eigenvalue weighted by molar-refractivity contribution is 5.53. The summed E-state index contributed by atoms with van der Waals surface area (Å²) in [6, 6.07) is 5.14. The average Bonchev–Trinajstić information content (AvgIpc) is 2.16. The fourth-order valence-electron chi connectivity index (χ4n) is 0.934. The molecule has 0 amide bonds. The monoisotopic (exact) mass is 177 g/mol. The first-order chi connectivity index (χ1) is 6.29. The number of benzene rings is 1. The van der Waals surface area contributed by atoms with Crippen molar-refractivity contribution in [1.82, 2.24) is 0 Å². The van der Waals surface area contributed by atoms with E-state index in [2.05, 4.69) is 11.8 Å². The van der Waals surface area contributed by atoms with E-state index in [-0.39, 0.29) is 12.3 Å². The van der Waals surface area contributed by atoms with Gasteiger partial charge in [-0.05, 0) is 12.1 Å². The second kappa shape index (κ2) is 4.39. The Balaban J connectivity index is 3.08. The number of phenols is 1. The third-order valence-electron chi connectivity index (χ3n) is 1.54. The minimum absolute atomic E-state index is 0.0611. The van der Waals surface area contributed by atoms with Gasteiger partial charge in [-0.25, -0.2) is 0 Å². The number of ether oxygens (including phenoxy) is 1. The van der Waals surface area contributed by atoms with Gasteiger partial charge in [0.05, 0.1) is 19.2 Å². The zero-order valence-electron chi connectivity index (χ0n) is 7.37. The Morgan fingerprint density at radius 1 is 1.54 bits per heavy atom. The Bertz CT molecular complexity index is 350. The molecule has 1 rings (SSSR count). The molecule has 1 aromatic carbocycles. The molecular weight excluding hydrogens is 166 g/mol. The van der Waals surface area contributed by atoms with Gasteiger partial charge in [0.15, 0.2) is 11.5 Å². The van der Waals surface area contributed by atoms with E-state index in [1.165, 1.54) is 7.11 Å². The average molecular weight is 177 g/mol. The molecule has 0 atom stereocenters. The number of rotatable bonds is 1. The van der Waals surface area contributed by atoms with Crippen LogP contribution in [0.5, 0.6) is 11.5 Å². The highest BCUT2D eigenvalue weighted by Crippen LogP contribution is 2.28. The van der Waals surface area contributed by atoms with Crippen molar-refractivity contribution >= 4 is 0 Å². The third-order valence-corrected chi connectivity index (χ3v) is 1.54. The van der Waals surface area contributed by atoms with E-state index < -0.39 is 0 Å². The van der Waals surface area contributed by atoms with E-state index in [0.717, 1.165) is 0 Å². The number of aromatic hydroxyl groups is 1. The Hall–Kier alpha value is -1.66. The van der Waals surface area contributed by atoms with E-state index in [9.17, 15) is 5.11 Å². The molecule has 3 heteroatoms. The van der Waals surface area contributed by atoms with E-state index in [1.807, 2.05) is 0 Å². The molecule has 68 valence electrons. The van der Waals surface area contributed by atoms with Crippen LogP contribution in [0, 0.1) is 11.8 Å². The van der Waals surface area contributed by atoms with Crippen LogP contribution in [0.15, 0.2) is 18.2 Å². The maximum atomic E-state index is 9.55. The first-order valence-electron chi connectivity index (χ1n) is 3.84. The molecule has 0 saturated heterocycles. The smallest absolute Gasteiger partial charge is 0.173 e. The molecule has 0 aromatic heterocycles. The Morgan fingerprint density at radius 3 is 2.92 bits per heavy atom. The Labute approximate surface area is 77.1 Å². The molecule has 0 heterocycles. The summed E-state index contributed by atoms with van der Waals surface area (Å²) in [4.78, 5) is 0. The van der Waals surface area contributed by atoms with Crippen LogP contribution in [-0.2, 0) is 0 Å². The van der Waals surface area contributed by atoms with Crippen molar-refractivity contribution in [2.45, 2.75) is 0 Å². The van der Waals surface area contributed by atoms with Gasteiger partial charge in [0, 0.05) is 0 Å². The number of phenolic OH excluding ortho intramolecular Hbond substituents is 1. The molecule has 0 unspecified atom stereocenters. The number of para-hydroxylation sites is 1. The molecule has 0 spiro atoms. The van der Waals surface area contributed by atoms with Crippen LogP contribution in [0.4, 0.5) is 0 Å². The van der Waals surface area contributed by atoms with Gasteiger partial charge in [0.1, 0.15) is 0 Å². The standard InChI is InChI=1S/C10H11NO2/c1-13-9-6-2-4-8(10(9)12)5-3-7-11/h2,4,6,12H,7,11H2,1H3. The van der Waals surface area contributed by atoms with Crippen LogP contribution < -0.4 is 10.5 Å². The lowest BCUT2D eigenvalue weighted by Crippen LogP contribution is -1.93. The first kappa shape index (κ1) is 9.43. The predicted molar refractivity (Wildman–Crippen MR) is 50.6 cm³/mol. The lowest BCUT2D eigenvalue weighted by atomic mass is 10.2. The fourth-order valence-corrected chi connectivity index (χ4v) is 0.934. The summed E-state index contributed by atoms with van der Waals surface area (Å²) in [6.45, 7) is 0.274. The Morgan fingerprint density at radius 2 is 2.31 bits per heavy atom. The van der Waals surface area contributed by atoms with Crippen molar-refractivity contribution in [3.05, 3.63) is 23.8 Å². The number of methoxy groups -OCH3 is 1. The second-order valence-corrected chi connectivity index (χ2v) is 2.36. The lowest BCUT2D eigenvalue weighted by Gasteiger charge is -2.03. The highest BCUT2D eigenvalue weighted by Gasteiger charge is 2.03. The first-order valence-corrected chi connectivity index (χ1v) is 3.84. The van der Waals surface area contributed by atoms with Gasteiger partial charge in [-0.3, -0.25) is 0 Å². The summed E-state index contributed by atoms with van der Waals surface area (Å²) in [7, 11) is 1.50. The molecule has 0 fully saturated rings. The normalized spacial score (nSPS) is 8.77. The lowest BCUT2D eigenvalue weighted by molar-refractivity contribution is 0.373. The summed E-state index contributed by atoms with van der Waals surface area (Å²) in [5.41, 5.74) is 5.74. The van der Waals surface area contributed by atoms with Crippen LogP contribution >= 0.6 is 0 Å². The number of hydrogen-bond donors (Lipinski definition) is 2. The maximum Gasteiger partial charge on any atom is 0.173 e. The van der Waals surface area contributed by atoms with E-state index in [0.29, 0.717) is 11.3 Å². The largest absolute Gasteiger partial charge is 0.503 e. The molecular formula is C10H11NO2. The summed E-state index contributed by atoms with van der Waals surface area (Å²) in [6.07, 6.45) is 0. The van der Waals surface area contributed by atoms with E-state index in [4.69, 9.17) is 10.5 Å². The van der Waals surface area contributed by atoms with Crippen molar-refractivity contribution in [2.75, 3.05) is 13.7 Å². The second-order valence-electron chi connectivity index (χ2n) is 2.36. The molecule has 0 aliphatic rings. The maximum absolute atomic E-state index is 9.55. The van der Waals surface area contributed by atoms with Crippen LogP contribution in [0.2, 0.25) is 0 Å². The van der Waals surface area contributed by atoms with Crippen molar-refractivity contribution in [3.63, 3.8) is 0 Å². The summed E-state index contributed by atoms with van der Waals surface area (Å²) >= 11 is 0. The molecule has 0 bridgehead atoms. The molecule has 0 radical (unpaired) electrons. The quantitative estimate of drug-likeness (QED) is 0.621. The van der Waals surface area contributed by atoms with Gasteiger partial charge < -0.3 is 15.6 Å². The zero-order chi connectivity index (χ0) is 9.68.